The van der Waals surface area contributed by atoms with Gasteiger partial charge >= 0.3 is 5.97 Å². The van der Waals surface area contributed by atoms with Gasteiger partial charge in [-0.1, -0.05) is 12.1 Å². The molecular weight excluding hydrogens is 356 g/mol. The molecule has 2 rings (SSSR count). The number of carbonyl (C=O) groups is 2. The second-order valence-corrected chi connectivity index (χ2v) is 5.38. The Kier molecular flexibility index (Phi) is 6.32. The van der Waals surface area contributed by atoms with E-state index in [0.29, 0.717) is 5.75 Å². The molecule has 0 radical (unpaired) electrons. The number of methoxy groups -OCH3 is 2. The molecule has 0 saturated heterocycles. The number of nitro benzene ring substituents is 1. The van der Waals surface area contributed by atoms with Crippen molar-refractivity contribution < 1.29 is 28.7 Å². The molecule has 1 N–H and O–H groups in total. The summed E-state index contributed by atoms with van der Waals surface area (Å²) in [4.78, 5) is 34.8. The van der Waals surface area contributed by atoms with Gasteiger partial charge in [-0.15, -0.1) is 0 Å². The molecule has 0 saturated carbocycles. The minimum atomic E-state index is -1.12. The maximum atomic E-state index is 12.3. The lowest BCUT2D eigenvalue weighted by molar-refractivity contribution is -0.384. The molecule has 142 valence electrons. The Hall–Kier alpha value is -3.62. The van der Waals surface area contributed by atoms with Crippen LogP contribution in [0, 0.1) is 10.1 Å². The number of rotatable bonds is 7. The van der Waals surface area contributed by atoms with E-state index in [4.69, 9.17) is 14.2 Å². The van der Waals surface area contributed by atoms with E-state index in [9.17, 15) is 19.7 Å². The average Bonchev–Trinajstić information content (AvgIpc) is 2.67. The van der Waals surface area contributed by atoms with Crippen LogP contribution in [0.3, 0.4) is 0 Å². The number of para-hydroxylation sites is 1. The van der Waals surface area contributed by atoms with Crippen molar-refractivity contribution in [2.24, 2.45) is 0 Å². The van der Waals surface area contributed by atoms with E-state index >= 15 is 0 Å². The number of non-ortho nitro benzene ring substituents is 1. The molecule has 0 bridgehead atoms. The van der Waals surface area contributed by atoms with Crippen LogP contribution in [0.5, 0.6) is 11.5 Å². The van der Waals surface area contributed by atoms with Crippen molar-refractivity contribution in [1.29, 1.82) is 0 Å². The van der Waals surface area contributed by atoms with Crippen molar-refractivity contribution in [1.82, 2.24) is 0 Å². The predicted octanol–water partition coefficient (Wildman–Crippen LogP) is 2.80. The summed E-state index contributed by atoms with van der Waals surface area (Å²) in [6.45, 7) is 1.40. The highest BCUT2D eigenvalue weighted by molar-refractivity contribution is 5.99. The van der Waals surface area contributed by atoms with E-state index in [2.05, 4.69) is 5.32 Å². The Labute approximate surface area is 155 Å². The molecule has 27 heavy (non-hydrogen) atoms. The summed E-state index contributed by atoms with van der Waals surface area (Å²) in [5.41, 5.74) is 0.223. The van der Waals surface area contributed by atoms with E-state index < -0.39 is 22.9 Å². The number of nitrogens with one attached hydrogen (secondary N) is 1. The van der Waals surface area contributed by atoms with E-state index in [1.54, 1.807) is 18.2 Å². The first-order chi connectivity index (χ1) is 12.9. The quantitative estimate of drug-likeness (QED) is 0.450. The van der Waals surface area contributed by atoms with Crippen molar-refractivity contribution in [2.75, 3.05) is 19.5 Å². The molecule has 0 aliphatic rings. The summed E-state index contributed by atoms with van der Waals surface area (Å²) in [6.07, 6.45) is -1.12. The molecule has 0 fully saturated rings. The summed E-state index contributed by atoms with van der Waals surface area (Å²) >= 11 is 0. The Morgan fingerprint density at radius 3 is 2.37 bits per heavy atom. The molecule has 1 amide bonds. The molecule has 0 spiro atoms. The largest absolute Gasteiger partial charge is 0.496 e. The third-order valence-corrected chi connectivity index (χ3v) is 3.63. The summed E-state index contributed by atoms with van der Waals surface area (Å²) in [5.74, 6) is -0.899. The number of nitrogens with zero attached hydrogens (tertiary/aromatic N) is 1. The summed E-state index contributed by atoms with van der Waals surface area (Å²) in [7, 11) is 2.74. The molecule has 9 nitrogen and oxygen atoms in total. The highest BCUT2D eigenvalue weighted by Gasteiger charge is 2.22. The van der Waals surface area contributed by atoms with Crippen LogP contribution in [0.25, 0.3) is 0 Å². The van der Waals surface area contributed by atoms with E-state index in [1.165, 1.54) is 45.4 Å². The standard InChI is InChI=1S/C18H18N2O7/c1-11(27-18(22)13-6-4-5-7-15(13)25-2)17(21)19-14-9-8-12(20(23)24)10-16(14)26-3/h4-11H,1-3H3,(H,19,21)/t11-/m0/s1. The molecule has 0 unspecified atom stereocenters. The van der Waals surface area contributed by atoms with E-state index in [1.807, 2.05) is 0 Å². The van der Waals surface area contributed by atoms with Crippen molar-refractivity contribution in [3.63, 3.8) is 0 Å². The lowest BCUT2D eigenvalue weighted by Crippen LogP contribution is -2.30. The van der Waals surface area contributed by atoms with Gasteiger partial charge in [0.15, 0.2) is 6.10 Å². The fourth-order valence-corrected chi connectivity index (χ4v) is 2.22. The van der Waals surface area contributed by atoms with Gasteiger partial charge in [-0.05, 0) is 25.1 Å². The molecular formula is C18H18N2O7. The van der Waals surface area contributed by atoms with Gasteiger partial charge in [0.25, 0.3) is 11.6 Å². The van der Waals surface area contributed by atoms with Gasteiger partial charge < -0.3 is 19.5 Å². The number of carbonyl (C=O) groups excluding carboxylic acids is 2. The molecule has 9 heteroatoms. The number of anilines is 1. The minimum Gasteiger partial charge on any atom is -0.496 e. The lowest BCUT2D eigenvalue weighted by atomic mass is 10.2. The monoisotopic (exact) mass is 374 g/mol. The number of hydrogen-bond donors (Lipinski definition) is 1. The van der Waals surface area contributed by atoms with Crippen LogP contribution in [-0.2, 0) is 9.53 Å². The number of esters is 1. The fourth-order valence-electron chi connectivity index (χ4n) is 2.22. The molecule has 0 aliphatic heterocycles. The van der Waals surface area contributed by atoms with Gasteiger partial charge in [-0.2, -0.15) is 0 Å². The molecule has 1 atom stereocenters. The fraction of sp³-hybridized carbons (Fsp3) is 0.222. The van der Waals surface area contributed by atoms with Crippen molar-refractivity contribution >= 4 is 23.3 Å². The van der Waals surface area contributed by atoms with Crippen LogP contribution in [0.1, 0.15) is 17.3 Å². The smallest absolute Gasteiger partial charge is 0.342 e. The first kappa shape index (κ1) is 19.7. The Balaban J connectivity index is 2.09. The van der Waals surface area contributed by atoms with Gasteiger partial charge in [-0.25, -0.2) is 4.79 Å². The van der Waals surface area contributed by atoms with Crippen LogP contribution in [0.4, 0.5) is 11.4 Å². The van der Waals surface area contributed by atoms with Gasteiger partial charge in [0, 0.05) is 6.07 Å². The number of hydrogen-bond acceptors (Lipinski definition) is 7. The number of benzene rings is 2. The number of amides is 1. The SMILES string of the molecule is COc1cc([N+](=O)[O-])ccc1NC(=O)[C@H](C)OC(=O)c1ccccc1OC. The van der Waals surface area contributed by atoms with E-state index in [0.717, 1.165) is 0 Å². The van der Waals surface area contributed by atoms with Crippen LogP contribution in [0.15, 0.2) is 42.5 Å². The predicted molar refractivity (Wildman–Crippen MR) is 96.1 cm³/mol. The zero-order chi connectivity index (χ0) is 20.0. The topological polar surface area (TPSA) is 117 Å². The second-order valence-electron chi connectivity index (χ2n) is 5.38. The Morgan fingerprint density at radius 2 is 1.74 bits per heavy atom. The van der Waals surface area contributed by atoms with Crippen molar-refractivity contribution in [3.8, 4) is 11.5 Å². The first-order valence-corrected chi connectivity index (χ1v) is 7.84. The summed E-state index contributed by atoms with van der Waals surface area (Å²) < 4.78 is 15.3. The third-order valence-electron chi connectivity index (χ3n) is 3.63. The normalized spacial score (nSPS) is 11.2. The van der Waals surface area contributed by atoms with Crippen LogP contribution >= 0.6 is 0 Å². The van der Waals surface area contributed by atoms with Crippen LogP contribution < -0.4 is 14.8 Å². The second kappa shape index (κ2) is 8.65. The zero-order valence-corrected chi connectivity index (χ0v) is 14.9. The first-order valence-electron chi connectivity index (χ1n) is 7.84. The highest BCUT2D eigenvalue weighted by atomic mass is 16.6. The van der Waals surface area contributed by atoms with Gasteiger partial charge in [0.1, 0.15) is 17.1 Å². The minimum absolute atomic E-state index is 0.112. The number of nitro groups is 1. The Morgan fingerprint density at radius 1 is 1.07 bits per heavy atom. The number of ether oxygens (including phenoxy) is 3. The molecule has 2 aromatic carbocycles. The third kappa shape index (κ3) is 4.72. The molecule has 2 aromatic rings. The van der Waals surface area contributed by atoms with E-state index in [-0.39, 0.29) is 22.7 Å². The van der Waals surface area contributed by atoms with Gasteiger partial charge in [0.05, 0.1) is 30.9 Å². The zero-order valence-electron chi connectivity index (χ0n) is 14.9. The molecule has 0 heterocycles. The van der Waals surface area contributed by atoms with Gasteiger partial charge in [-0.3, -0.25) is 14.9 Å². The van der Waals surface area contributed by atoms with Gasteiger partial charge in [0.2, 0.25) is 0 Å². The highest BCUT2D eigenvalue weighted by Crippen LogP contribution is 2.29. The van der Waals surface area contributed by atoms with Crippen molar-refractivity contribution in [2.45, 2.75) is 13.0 Å². The molecule has 0 aliphatic carbocycles. The Bertz CT molecular complexity index is 867. The van der Waals surface area contributed by atoms with Crippen LogP contribution in [-0.4, -0.2) is 37.1 Å². The van der Waals surface area contributed by atoms with Crippen molar-refractivity contribution in [3.05, 3.63) is 58.1 Å². The lowest BCUT2D eigenvalue weighted by Gasteiger charge is -2.16. The average molecular weight is 374 g/mol. The maximum absolute atomic E-state index is 12.3. The summed E-state index contributed by atoms with van der Waals surface area (Å²) in [6, 6.07) is 10.2. The summed E-state index contributed by atoms with van der Waals surface area (Å²) in [5, 5.41) is 13.3. The molecule has 0 aromatic heterocycles. The maximum Gasteiger partial charge on any atom is 0.342 e. The van der Waals surface area contributed by atoms with Crippen LogP contribution in [0.2, 0.25) is 0 Å².